The number of aromatic nitrogens is 1. The van der Waals surface area contributed by atoms with Crippen LogP contribution in [0.4, 0.5) is 11.6 Å². The van der Waals surface area contributed by atoms with Gasteiger partial charge in [0, 0.05) is 13.1 Å². The molecule has 0 aromatic carbocycles. The molecule has 0 radical (unpaired) electrons. The highest BCUT2D eigenvalue weighted by Crippen LogP contribution is 2.29. The highest BCUT2D eigenvalue weighted by Gasteiger charge is 2.23. The fourth-order valence-corrected chi connectivity index (χ4v) is 2.73. The molecule has 0 spiro atoms. The Morgan fingerprint density at radius 2 is 2.00 bits per heavy atom. The van der Waals surface area contributed by atoms with E-state index in [2.05, 4.69) is 28.6 Å². The summed E-state index contributed by atoms with van der Waals surface area (Å²) in [6.07, 6.45) is 6.65. The number of rotatable bonds is 4. The molecule has 1 heterocycles. The number of hydrogen-bond acceptors (Lipinski definition) is 3. The van der Waals surface area contributed by atoms with E-state index in [0.29, 0.717) is 6.04 Å². The molecule has 1 aromatic rings. The molecular weight excluding hydrogens is 210 g/mol. The van der Waals surface area contributed by atoms with Crippen molar-refractivity contribution in [3.05, 3.63) is 18.2 Å². The Morgan fingerprint density at radius 1 is 1.24 bits per heavy atom. The molecule has 0 aliphatic heterocycles. The molecule has 17 heavy (non-hydrogen) atoms. The molecule has 0 amide bonds. The molecule has 2 rings (SSSR count). The molecule has 94 valence electrons. The van der Waals surface area contributed by atoms with Gasteiger partial charge in [0.15, 0.2) is 0 Å². The lowest BCUT2D eigenvalue weighted by Gasteiger charge is -2.31. The number of anilines is 2. The predicted molar refractivity (Wildman–Crippen MR) is 73.4 cm³/mol. The molecule has 0 saturated heterocycles. The lowest BCUT2D eigenvalue weighted by Crippen LogP contribution is -2.32. The quantitative estimate of drug-likeness (QED) is 0.835. The van der Waals surface area contributed by atoms with E-state index in [1.807, 2.05) is 19.2 Å². The van der Waals surface area contributed by atoms with Crippen LogP contribution in [-0.4, -0.2) is 18.1 Å². The van der Waals surface area contributed by atoms with Crippen molar-refractivity contribution >= 4 is 11.6 Å². The van der Waals surface area contributed by atoms with E-state index in [1.165, 1.54) is 32.1 Å². The second-order valence-corrected chi connectivity index (χ2v) is 4.86. The first-order valence-electron chi connectivity index (χ1n) is 6.75. The van der Waals surface area contributed by atoms with Crippen LogP contribution in [0.3, 0.4) is 0 Å². The monoisotopic (exact) mass is 233 g/mol. The SMILES string of the molecule is CCC1CCCCC1Nc1cccc(NC)n1. The van der Waals surface area contributed by atoms with Gasteiger partial charge in [-0.05, 0) is 30.9 Å². The predicted octanol–water partition coefficient (Wildman–Crippen LogP) is 3.50. The van der Waals surface area contributed by atoms with E-state index in [9.17, 15) is 0 Å². The topological polar surface area (TPSA) is 37.0 Å². The van der Waals surface area contributed by atoms with Crippen molar-refractivity contribution in [1.29, 1.82) is 0 Å². The van der Waals surface area contributed by atoms with Crippen LogP contribution >= 0.6 is 0 Å². The van der Waals surface area contributed by atoms with Crippen LogP contribution < -0.4 is 10.6 Å². The second-order valence-electron chi connectivity index (χ2n) is 4.86. The van der Waals surface area contributed by atoms with Gasteiger partial charge in [-0.1, -0.05) is 32.3 Å². The molecule has 3 nitrogen and oxygen atoms in total. The van der Waals surface area contributed by atoms with Gasteiger partial charge in [0.2, 0.25) is 0 Å². The smallest absolute Gasteiger partial charge is 0.128 e. The zero-order chi connectivity index (χ0) is 12.1. The summed E-state index contributed by atoms with van der Waals surface area (Å²) in [5.41, 5.74) is 0. The average Bonchev–Trinajstić information content (AvgIpc) is 2.39. The Labute approximate surface area is 104 Å². The minimum absolute atomic E-state index is 0.605. The zero-order valence-corrected chi connectivity index (χ0v) is 10.9. The lowest BCUT2D eigenvalue weighted by atomic mass is 9.83. The lowest BCUT2D eigenvalue weighted by molar-refractivity contribution is 0.317. The maximum absolute atomic E-state index is 4.53. The molecular formula is C14H23N3. The first-order chi connectivity index (χ1) is 8.33. The van der Waals surface area contributed by atoms with Crippen LogP contribution in [0.2, 0.25) is 0 Å². The summed E-state index contributed by atoms with van der Waals surface area (Å²) in [5.74, 6) is 2.74. The third kappa shape index (κ3) is 3.11. The van der Waals surface area contributed by atoms with Gasteiger partial charge in [-0.15, -0.1) is 0 Å². The van der Waals surface area contributed by atoms with Gasteiger partial charge < -0.3 is 10.6 Å². The summed E-state index contributed by atoms with van der Waals surface area (Å²) in [5, 5.41) is 6.68. The van der Waals surface area contributed by atoms with Crippen molar-refractivity contribution in [3.8, 4) is 0 Å². The van der Waals surface area contributed by atoms with E-state index in [0.717, 1.165) is 17.6 Å². The largest absolute Gasteiger partial charge is 0.373 e. The number of pyridine rings is 1. The molecule has 0 bridgehead atoms. The van der Waals surface area contributed by atoms with Crippen molar-refractivity contribution in [2.75, 3.05) is 17.7 Å². The van der Waals surface area contributed by atoms with Crippen molar-refractivity contribution < 1.29 is 0 Å². The van der Waals surface area contributed by atoms with Crippen LogP contribution in [0.15, 0.2) is 18.2 Å². The molecule has 1 saturated carbocycles. The Hall–Kier alpha value is -1.25. The van der Waals surface area contributed by atoms with Crippen molar-refractivity contribution in [3.63, 3.8) is 0 Å². The van der Waals surface area contributed by atoms with Crippen LogP contribution in [0.1, 0.15) is 39.0 Å². The van der Waals surface area contributed by atoms with E-state index in [1.54, 1.807) is 0 Å². The van der Waals surface area contributed by atoms with Gasteiger partial charge >= 0.3 is 0 Å². The summed E-state index contributed by atoms with van der Waals surface area (Å²) < 4.78 is 0. The van der Waals surface area contributed by atoms with E-state index < -0.39 is 0 Å². The summed E-state index contributed by atoms with van der Waals surface area (Å²) in [4.78, 5) is 4.53. The Kier molecular flexibility index (Phi) is 4.24. The molecule has 1 aliphatic rings. The molecule has 1 fully saturated rings. The van der Waals surface area contributed by atoms with Crippen LogP contribution in [0.25, 0.3) is 0 Å². The molecule has 1 aliphatic carbocycles. The van der Waals surface area contributed by atoms with E-state index in [-0.39, 0.29) is 0 Å². The maximum atomic E-state index is 4.53. The second kappa shape index (κ2) is 5.89. The normalized spacial score (nSPS) is 24.4. The van der Waals surface area contributed by atoms with Crippen LogP contribution in [-0.2, 0) is 0 Å². The Morgan fingerprint density at radius 3 is 2.76 bits per heavy atom. The minimum Gasteiger partial charge on any atom is -0.373 e. The Balaban J connectivity index is 2.02. The molecule has 3 heteroatoms. The third-order valence-electron chi connectivity index (χ3n) is 3.77. The number of nitrogens with one attached hydrogen (secondary N) is 2. The van der Waals surface area contributed by atoms with Crippen molar-refractivity contribution in [2.45, 2.75) is 45.1 Å². The fourth-order valence-electron chi connectivity index (χ4n) is 2.73. The minimum atomic E-state index is 0.605. The van der Waals surface area contributed by atoms with E-state index >= 15 is 0 Å². The van der Waals surface area contributed by atoms with Gasteiger partial charge in [0.1, 0.15) is 11.6 Å². The number of nitrogens with zero attached hydrogens (tertiary/aromatic N) is 1. The summed E-state index contributed by atoms with van der Waals surface area (Å²) in [7, 11) is 1.90. The van der Waals surface area contributed by atoms with Crippen molar-refractivity contribution in [2.24, 2.45) is 5.92 Å². The number of hydrogen-bond donors (Lipinski definition) is 2. The fraction of sp³-hybridized carbons (Fsp3) is 0.643. The van der Waals surface area contributed by atoms with Crippen LogP contribution in [0.5, 0.6) is 0 Å². The van der Waals surface area contributed by atoms with Gasteiger partial charge in [-0.2, -0.15) is 0 Å². The van der Waals surface area contributed by atoms with E-state index in [4.69, 9.17) is 0 Å². The first-order valence-corrected chi connectivity index (χ1v) is 6.75. The highest BCUT2D eigenvalue weighted by atomic mass is 15.1. The Bertz CT molecular complexity index is 351. The third-order valence-corrected chi connectivity index (χ3v) is 3.77. The molecule has 2 atom stereocenters. The standard InChI is InChI=1S/C14H23N3/c1-3-11-7-4-5-8-12(11)16-14-10-6-9-13(15-2)17-14/h6,9-12H,3-5,7-8H2,1-2H3,(H2,15,16,17). The van der Waals surface area contributed by atoms with Gasteiger partial charge in [-0.3, -0.25) is 0 Å². The zero-order valence-electron chi connectivity index (χ0n) is 10.9. The van der Waals surface area contributed by atoms with Crippen LogP contribution in [0, 0.1) is 5.92 Å². The highest BCUT2D eigenvalue weighted by molar-refractivity contribution is 5.45. The summed E-state index contributed by atoms with van der Waals surface area (Å²) >= 11 is 0. The molecule has 2 N–H and O–H groups in total. The van der Waals surface area contributed by atoms with Gasteiger partial charge in [-0.25, -0.2) is 4.98 Å². The summed E-state index contributed by atoms with van der Waals surface area (Å²) in [6.45, 7) is 2.29. The average molecular weight is 233 g/mol. The van der Waals surface area contributed by atoms with Crippen molar-refractivity contribution in [1.82, 2.24) is 4.98 Å². The maximum Gasteiger partial charge on any atom is 0.128 e. The molecule has 2 unspecified atom stereocenters. The summed E-state index contributed by atoms with van der Waals surface area (Å²) in [6, 6.07) is 6.70. The molecule has 1 aromatic heterocycles. The first kappa shape index (κ1) is 12.2. The van der Waals surface area contributed by atoms with Gasteiger partial charge in [0.25, 0.3) is 0 Å². The van der Waals surface area contributed by atoms with Gasteiger partial charge in [0.05, 0.1) is 0 Å².